The Hall–Kier alpha value is -2.12. The Morgan fingerprint density at radius 2 is 1.77 bits per heavy atom. The fourth-order valence-corrected chi connectivity index (χ4v) is 2.83. The molecule has 1 rings (SSSR count). The second-order valence-corrected chi connectivity index (χ2v) is 8.80. The van der Waals surface area contributed by atoms with Crippen molar-refractivity contribution in [2.45, 2.75) is 72.0 Å². The molecule has 1 heterocycles. The van der Waals surface area contributed by atoms with E-state index in [1.54, 1.807) is 0 Å². The number of urea groups is 1. The molecule has 3 N–H and O–H groups in total. The van der Waals surface area contributed by atoms with E-state index in [4.69, 9.17) is 0 Å². The minimum absolute atomic E-state index is 0.186. The number of nitrogens with zero attached hydrogens (tertiary/aromatic N) is 1. The fraction of sp³-hybridized carbons (Fsp3) is 0.778. The molecule has 0 aromatic rings. The molecule has 1 aliphatic heterocycles. The molecule has 0 saturated carbocycles. The highest BCUT2D eigenvalue weighted by Crippen LogP contribution is 2.25. The number of carbonyl (C=O) groups is 4. The Morgan fingerprint density at radius 3 is 2.27 bits per heavy atom. The average molecular weight is 368 g/mol. The van der Waals surface area contributed by atoms with E-state index in [0.29, 0.717) is 13.0 Å². The largest absolute Gasteiger partial charge is 0.350 e. The molecule has 0 aromatic carbocycles. The number of hydrogen-bond acceptors (Lipinski definition) is 4. The molecule has 8 heteroatoms. The van der Waals surface area contributed by atoms with E-state index in [1.165, 1.54) is 4.90 Å². The number of carbonyl (C=O) groups excluding carboxylic acids is 4. The molecule has 2 atom stereocenters. The lowest BCUT2D eigenvalue weighted by molar-refractivity contribution is -0.138. The smallest absolute Gasteiger partial charge is 0.315 e. The Bertz CT molecular complexity index is 548. The predicted molar refractivity (Wildman–Crippen MR) is 98.5 cm³/mol. The predicted octanol–water partition coefficient (Wildman–Crippen LogP) is 0.805. The topological polar surface area (TPSA) is 108 Å². The van der Waals surface area contributed by atoms with Crippen LogP contribution in [0.4, 0.5) is 4.79 Å². The summed E-state index contributed by atoms with van der Waals surface area (Å²) in [5.41, 5.74) is -0.934. The third-order valence-corrected chi connectivity index (χ3v) is 4.05. The van der Waals surface area contributed by atoms with Crippen LogP contribution in [0.3, 0.4) is 0 Å². The molecule has 4 amide bonds. The van der Waals surface area contributed by atoms with Crippen molar-refractivity contribution in [3.63, 3.8) is 0 Å². The van der Waals surface area contributed by atoms with E-state index in [1.807, 2.05) is 41.5 Å². The van der Waals surface area contributed by atoms with Gasteiger partial charge in [0.05, 0.1) is 12.6 Å². The van der Waals surface area contributed by atoms with E-state index in [9.17, 15) is 19.2 Å². The summed E-state index contributed by atoms with van der Waals surface area (Å²) in [6.45, 7) is 11.4. The highest BCUT2D eigenvalue weighted by Gasteiger charge is 2.39. The molecule has 26 heavy (non-hydrogen) atoms. The molecule has 1 saturated heterocycles. The lowest BCUT2D eigenvalue weighted by Gasteiger charge is -2.34. The van der Waals surface area contributed by atoms with Gasteiger partial charge in [-0.2, -0.15) is 0 Å². The Labute approximate surface area is 155 Å². The zero-order valence-electron chi connectivity index (χ0n) is 16.6. The summed E-state index contributed by atoms with van der Waals surface area (Å²) in [7, 11) is 0. The van der Waals surface area contributed by atoms with Crippen LogP contribution in [-0.4, -0.2) is 59.7 Å². The average Bonchev–Trinajstić information content (AvgIpc) is 2.95. The summed E-state index contributed by atoms with van der Waals surface area (Å²) in [6.07, 6.45) is 2.19. The lowest BCUT2D eigenvalue weighted by atomic mass is 9.85. The lowest BCUT2D eigenvalue weighted by Crippen LogP contribution is -2.58. The van der Waals surface area contributed by atoms with Crippen LogP contribution in [0.2, 0.25) is 0 Å². The zero-order valence-corrected chi connectivity index (χ0v) is 16.6. The van der Waals surface area contributed by atoms with Gasteiger partial charge >= 0.3 is 6.03 Å². The summed E-state index contributed by atoms with van der Waals surface area (Å²) in [6, 6.07) is -1.83. The van der Waals surface area contributed by atoms with Crippen LogP contribution in [0.15, 0.2) is 0 Å². The zero-order chi connectivity index (χ0) is 20.1. The first-order valence-electron chi connectivity index (χ1n) is 8.96. The third kappa shape index (κ3) is 6.65. The van der Waals surface area contributed by atoms with E-state index < -0.39 is 29.1 Å². The summed E-state index contributed by atoms with van der Waals surface area (Å²) >= 11 is 0. The SMILES string of the molecule is CC(C)(C)NC(=O)CNC(=O)N[C@H](C(=O)N1CCCC1C=O)C(C)(C)C. The quantitative estimate of drug-likeness (QED) is 0.624. The Balaban J connectivity index is 2.70. The number of aldehydes is 1. The van der Waals surface area contributed by atoms with Crippen molar-refractivity contribution < 1.29 is 19.2 Å². The number of likely N-dealkylation sites (tertiary alicyclic amines) is 1. The van der Waals surface area contributed by atoms with Crippen LogP contribution >= 0.6 is 0 Å². The molecule has 1 aliphatic rings. The van der Waals surface area contributed by atoms with Crippen molar-refractivity contribution in [2.75, 3.05) is 13.1 Å². The maximum atomic E-state index is 12.9. The van der Waals surface area contributed by atoms with Gasteiger partial charge in [-0.15, -0.1) is 0 Å². The van der Waals surface area contributed by atoms with Gasteiger partial charge in [0.1, 0.15) is 12.3 Å². The Kier molecular flexibility index (Phi) is 7.17. The molecule has 8 nitrogen and oxygen atoms in total. The minimum atomic E-state index is -0.797. The first-order valence-corrected chi connectivity index (χ1v) is 8.96. The molecule has 0 spiro atoms. The van der Waals surface area contributed by atoms with Crippen LogP contribution in [0.1, 0.15) is 54.4 Å². The van der Waals surface area contributed by atoms with Gasteiger partial charge in [0.25, 0.3) is 0 Å². The number of hydrogen-bond donors (Lipinski definition) is 3. The van der Waals surface area contributed by atoms with Crippen molar-refractivity contribution >= 4 is 24.1 Å². The van der Waals surface area contributed by atoms with Gasteiger partial charge in [0, 0.05) is 12.1 Å². The standard InChI is InChI=1S/C18H32N4O4/c1-17(2,3)14(15(25)22-9-7-8-12(22)11-23)20-16(26)19-10-13(24)21-18(4,5)6/h11-12,14H,7-10H2,1-6H3,(H,21,24)(H2,19,20,26)/t12?,14-/m1/s1. The monoisotopic (exact) mass is 368 g/mol. The van der Waals surface area contributed by atoms with Crippen molar-refractivity contribution in [1.82, 2.24) is 20.9 Å². The molecule has 0 aliphatic carbocycles. The first-order chi connectivity index (χ1) is 11.8. The second-order valence-electron chi connectivity index (χ2n) is 8.80. The highest BCUT2D eigenvalue weighted by atomic mass is 16.2. The minimum Gasteiger partial charge on any atom is -0.350 e. The molecular formula is C18H32N4O4. The van der Waals surface area contributed by atoms with Gasteiger partial charge in [0.2, 0.25) is 11.8 Å². The van der Waals surface area contributed by atoms with E-state index in [2.05, 4.69) is 16.0 Å². The molecule has 0 bridgehead atoms. The summed E-state index contributed by atoms with van der Waals surface area (Å²) in [5.74, 6) is -0.590. The molecular weight excluding hydrogens is 336 g/mol. The van der Waals surface area contributed by atoms with Crippen LogP contribution in [0.5, 0.6) is 0 Å². The molecule has 1 unspecified atom stereocenters. The van der Waals surface area contributed by atoms with E-state index in [-0.39, 0.29) is 18.4 Å². The molecule has 1 fully saturated rings. The first kappa shape index (κ1) is 21.9. The van der Waals surface area contributed by atoms with Crippen LogP contribution in [-0.2, 0) is 14.4 Å². The van der Waals surface area contributed by atoms with Crippen molar-refractivity contribution in [2.24, 2.45) is 5.41 Å². The van der Waals surface area contributed by atoms with Gasteiger partial charge < -0.3 is 25.6 Å². The fourth-order valence-electron chi connectivity index (χ4n) is 2.83. The van der Waals surface area contributed by atoms with Crippen molar-refractivity contribution in [1.29, 1.82) is 0 Å². The van der Waals surface area contributed by atoms with E-state index in [0.717, 1.165) is 12.7 Å². The molecule has 0 aromatic heterocycles. The Morgan fingerprint density at radius 1 is 1.15 bits per heavy atom. The van der Waals surface area contributed by atoms with Crippen LogP contribution in [0, 0.1) is 5.41 Å². The van der Waals surface area contributed by atoms with Crippen LogP contribution < -0.4 is 16.0 Å². The maximum absolute atomic E-state index is 12.9. The second kappa shape index (κ2) is 8.51. The summed E-state index contributed by atoms with van der Waals surface area (Å²) in [4.78, 5) is 49.6. The summed E-state index contributed by atoms with van der Waals surface area (Å²) in [5, 5.41) is 7.88. The van der Waals surface area contributed by atoms with Crippen molar-refractivity contribution in [3.05, 3.63) is 0 Å². The van der Waals surface area contributed by atoms with Crippen LogP contribution in [0.25, 0.3) is 0 Å². The maximum Gasteiger partial charge on any atom is 0.315 e. The van der Waals surface area contributed by atoms with Gasteiger partial charge in [-0.25, -0.2) is 4.79 Å². The van der Waals surface area contributed by atoms with Gasteiger partial charge in [-0.1, -0.05) is 20.8 Å². The number of rotatable bonds is 5. The van der Waals surface area contributed by atoms with Crippen molar-refractivity contribution in [3.8, 4) is 0 Å². The van der Waals surface area contributed by atoms with Gasteiger partial charge in [0.15, 0.2) is 0 Å². The van der Waals surface area contributed by atoms with E-state index >= 15 is 0 Å². The number of nitrogens with one attached hydrogen (secondary N) is 3. The van der Waals surface area contributed by atoms with Gasteiger partial charge in [-0.05, 0) is 39.0 Å². The number of amides is 4. The normalized spacial score (nSPS) is 18.8. The summed E-state index contributed by atoms with van der Waals surface area (Å²) < 4.78 is 0. The van der Waals surface area contributed by atoms with Gasteiger partial charge in [-0.3, -0.25) is 9.59 Å². The molecule has 148 valence electrons. The highest BCUT2D eigenvalue weighted by molar-refractivity contribution is 5.91. The third-order valence-electron chi connectivity index (χ3n) is 4.05. The molecule has 0 radical (unpaired) electrons.